The normalized spacial score (nSPS) is 15.8. The number of rotatable bonds is 9. The lowest BCUT2D eigenvalue weighted by Crippen LogP contribution is -2.22. The van der Waals surface area contributed by atoms with Crippen molar-refractivity contribution in [1.82, 2.24) is 15.0 Å². The van der Waals surface area contributed by atoms with Gasteiger partial charge in [0.15, 0.2) is 0 Å². The number of nitrogens with two attached hydrogens (primary N) is 1. The molecule has 2 rings (SSSR count). The third-order valence-corrected chi connectivity index (χ3v) is 3.32. The molecule has 0 aromatic carbocycles. The van der Waals surface area contributed by atoms with Crippen LogP contribution in [-0.2, 0) is 0 Å². The van der Waals surface area contributed by atoms with Crippen molar-refractivity contribution in [2.45, 2.75) is 52.0 Å². The van der Waals surface area contributed by atoms with E-state index in [9.17, 15) is 0 Å². The first-order valence-electron chi connectivity index (χ1n) is 7.37. The Morgan fingerprint density at radius 3 is 2.60 bits per heavy atom. The fraction of sp³-hybridized carbons (Fsp3) is 0.769. The lowest BCUT2D eigenvalue weighted by Gasteiger charge is -2.17. The van der Waals surface area contributed by atoms with Crippen LogP contribution in [0.1, 0.15) is 46.0 Å². The zero-order valence-corrected chi connectivity index (χ0v) is 12.2. The zero-order valence-electron chi connectivity index (χ0n) is 12.2. The Morgan fingerprint density at radius 2 is 2.00 bits per heavy atom. The Kier molecular flexibility index (Phi) is 5.34. The molecule has 0 amide bonds. The van der Waals surface area contributed by atoms with E-state index in [0.717, 1.165) is 18.8 Å². The van der Waals surface area contributed by atoms with E-state index < -0.39 is 0 Å². The average Bonchev–Trinajstić information content (AvgIpc) is 3.28. The summed E-state index contributed by atoms with van der Waals surface area (Å²) >= 11 is 0. The van der Waals surface area contributed by atoms with Gasteiger partial charge in [-0.1, -0.05) is 26.7 Å². The van der Waals surface area contributed by atoms with Gasteiger partial charge in [-0.15, -0.1) is 0 Å². The molecule has 0 radical (unpaired) electrons. The Balaban J connectivity index is 2.03. The Morgan fingerprint density at radius 1 is 1.25 bits per heavy atom. The van der Waals surface area contributed by atoms with Crippen molar-refractivity contribution in [3.8, 4) is 6.01 Å². The number of hydrogen-bond donors (Lipinski definition) is 3. The molecule has 112 valence electrons. The molecule has 1 unspecified atom stereocenters. The molecular formula is C13H24N6O. The molecule has 7 nitrogen and oxygen atoms in total. The number of hydrazine groups is 1. The van der Waals surface area contributed by atoms with Crippen LogP contribution in [0.4, 0.5) is 11.9 Å². The Bertz CT molecular complexity index is 423. The molecule has 1 aliphatic carbocycles. The van der Waals surface area contributed by atoms with Gasteiger partial charge < -0.3 is 10.1 Å². The molecule has 0 spiro atoms. The highest BCUT2D eigenvalue weighted by atomic mass is 16.5. The van der Waals surface area contributed by atoms with E-state index in [1.165, 1.54) is 19.3 Å². The van der Waals surface area contributed by atoms with E-state index >= 15 is 0 Å². The second kappa shape index (κ2) is 7.23. The van der Waals surface area contributed by atoms with Crippen molar-refractivity contribution in [2.24, 2.45) is 11.8 Å². The molecule has 1 fully saturated rings. The summed E-state index contributed by atoms with van der Waals surface area (Å²) in [5.74, 6) is 7.08. The minimum absolute atomic E-state index is 0.304. The molecule has 1 aromatic heterocycles. The molecule has 0 saturated heterocycles. The number of hydrogen-bond acceptors (Lipinski definition) is 7. The summed E-state index contributed by atoms with van der Waals surface area (Å²) in [6.07, 6.45) is 5.79. The predicted octanol–water partition coefficient (Wildman–Crippen LogP) is 1.94. The summed E-state index contributed by atoms with van der Waals surface area (Å²) in [6.45, 7) is 4.77. The summed E-state index contributed by atoms with van der Waals surface area (Å²) in [5.41, 5.74) is 2.45. The molecule has 0 bridgehead atoms. The van der Waals surface area contributed by atoms with E-state index in [2.05, 4.69) is 32.6 Å². The summed E-state index contributed by atoms with van der Waals surface area (Å²) < 4.78 is 5.45. The van der Waals surface area contributed by atoms with Crippen molar-refractivity contribution in [1.29, 1.82) is 0 Å². The van der Waals surface area contributed by atoms with Crippen molar-refractivity contribution in [3.63, 3.8) is 0 Å². The molecule has 1 atom stereocenters. The van der Waals surface area contributed by atoms with Gasteiger partial charge in [-0.25, -0.2) is 5.84 Å². The second-order valence-corrected chi connectivity index (χ2v) is 5.19. The molecule has 1 saturated carbocycles. The highest BCUT2D eigenvalue weighted by molar-refractivity contribution is 5.35. The molecule has 4 N–H and O–H groups in total. The predicted molar refractivity (Wildman–Crippen MR) is 78.5 cm³/mol. The summed E-state index contributed by atoms with van der Waals surface area (Å²) in [5, 5.41) is 3.35. The third kappa shape index (κ3) is 4.48. The van der Waals surface area contributed by atoms with Crippen LogP contribution in [0, 0.1) is 5.92 Å². The minimum atomic E-state index is 0.304. The van der Waals surface area contributed by atoms with Crippen LogP contribution >= 0.6 is 0 Å². The summed E-state index contributed by atoms with van der Waals surface area (Å²) in [6, 6.07) is 0.688. The van der Waals surface area contributed by atoms with Gasteiger partial charge in [0, 0.05) is 6.04 Å². The first kappa shape index (κ1) is 14.8. The summed E-state index contributed by atoms with van der Waals surface area (Å²) in [7, 11) is 0. The van der Waals surface area contributed by atoms with Crippen LogP contribution in [0.15, 0.2) is 0 Å². The molecule has 1 aliphatic rings. The SMILES string of the molecule is CCCOc1nc(NN)nc(NC(CC)CC2CC2)n1. The number of nitrogens with one attached hydrogen (secondary N) is 2. The van der Waals surface area contributed by atoms with Gasteiger partial charge >= 0.3 is 6.01 Å². The quantitative estimate of drug-likeness (QED) is 0.469. The number of nitrogen functional groups attached to an aromatic ring is 1. The van der Waals surface area contributed by atoms with E-state index in [1.54, 1.807) is 0 Å². The van der Waals surface area contributed by atoms with Gasteiger partial charge in [-0.2, -0.15) is 15.0 Å². The molecule has 0 aliphatic heterocycles. The lowest BCUT2D eigenvalue weighted by atomic mass is 10.1. The first-order chi connectivity index (χ1) is 9.75. The van der Waals surface area contributed by atoms with Gasteiger partial charge in [0.25, 0.3) is 0 Å². The highest BCUT2D eigenvalue weighted by Gasteiger charge is 2.25. The largest absolute Gasteiger partial charge is 0.463 e. The Hall–Kier alpha value is -1.63. The van der Waals surface area contributed by atoms with E-state index in [4.69, 9.17) is 10.6 Å². The fourth-order valence-electron chi connectivity index (χ4n) is 2.01. The van der Waals surface area contributed by atoms with Crippen molar-refractivity contribution in [3.05, 3.63) is 0 Å². The molecule has 1 aromatic rings. The molecule has 20 heavy (non-hydrogen) atoms. The standard InChI is InChI=1S/C13H24N6O/c1-3-7-20-13-17-11(16-12(18-13)19-14)15-10(4-2)8-9-5-6-9/h9-10H,3-8,14H2,1-2H3,(H2,15,16,17,18,19). The molecule has 1 heterocycles. The third-order valence-electron chi connectivity index (χ3n) is 3.32. The number of ether oxygens (including phenoxy) is 1. The molecule has 7 heteroatoms. The fourth-order valence-corrected chi connectivity index (χ4v) is 2.01. The minimum Gasteiger partial charge on any atom is -0.463 e. The average molecular weight is 280 g/mol. The van der Waals surface area contributed by atoms with Crippen LogP contribution in [0.25, 0.3) is 0 Å². The van der Waals surface area contributed by atoms with Gasteiger partial charge in [0.05, 0.1) is 6.61 Å². The zero-order chi connectivity index (χ0) is 14.4. The van der Waals surface area contributed by atoms with Gasteiger partial charge in [0.2, 0.25) is 11.9 Å². The van der Waals surface area contributed by atoms with Crippen molar-refractivity contribution < 1.29 is 4.74 Å². The smallest absolute Gasteiger partial charge is 0.323 e. The maximum absolute atomic E-state index is 5.45. The van der Waals surface area contributed by atoms with Crippen LogP contribution in [0.3, 0.4) is 0 Å². The van der Waals surface area contributed by atoms with Gasteiger partial charge in [-0.05, 0) is 25.2 Å². The summed E-state index contributed by atoms with van der Waals surface area (Å²) in [4.78, 5) is 12.6. The molecular weight excluding hydrogens is 256 g/mol. The lowest BCUT2D eigenvalue weighted by molar-refractivity contribution is 0.292. The van der Waals surface area contributed by atoms with Crippen LogP contribution in [0.2, 0.25) is 0 Å². The van der Waals surface area contributed by atoms with Crippen LogP contribution in [0.5, 0.6) is 6.01 Å². The topological polar surface area (TPSA) is 98.0 Å². The monoisotopic (exact) mass is 280 g/mol. The van der Waals surface area contributed by atoms with Gasteiger partial charge in [-0.3, -0.25) is 5.43 Å². The van der Waals surface area contributed by atoms with E-state index in [-0.39, 0.29) is 0 Å². The Labute approximate surface area is 119 Å². The van der Waals surface area contributed by atoms with Crippen molar-refractivity contribution in [2.75, 3.05) is 17.3 Å². The van der Waals surface area contributed by atoms with Crippen molar-refractivity contribution >= 4 is 11.9 Å². The maximum atomic E-state index is 5.45. The number of aromatic nitrogens is 3. The second-order valence-electron chi connectivity index (χ2n) is 5.19. The number of anilines is 2. The highest BCUT2D eigenvalue weighted by Crippen LogP contribution is 2.34. The first-order valence-corrected chi connectivity index (χ1v) is 7.37. The maximum Gasteiger partial charge on any atom is 0.323 e. The van der Waals surface area contributed by atoms with Crippen LogP contribution < -0.4 is 21.3 Å². The van der Waals surface area contributed by atoms with E-state index in [0.29, 0.717) is 30.6 Å². The number of nitrogens with zero attached hydrogens (tertiary/aromatic N) is 3. The van der Waals surface area contributed by atoms with Crippen LogP contribution in [-0.4, -0.2) is 27.6 Å². The van der Waals surface area contributed by atoms with E-state index in [1.807, 2.05) is 6.92 Å². The van der Waals surface area contributed by atoms with Gasteiger partial charge in [0.1, 0.15) is 0 Å².